The van der Waals surface area contributed by atoms with Crippen molar-refractivity contribution in [3.8, 4) is 0 Å². The Bertz CT molecular complexity index is 422. The Labute approximate surface area is 115 Å². The summed E-state index contributed by atoms with van der Waals surface area (Å²) in [6.07, 6.45) is 2.99. The van der Waals surface area contributed by atoms with Crippen LogP contribution in [0.25, 0.3) is 0 Å². The van der Waals surface area contributed by atoms with Crippen LogP contribution in [0.1, 0.15) is 25.8 Å². The van der Waals surface area contributed by atoms with E-state index < -0.39 is 0 Å². The van der Waals surface area contributed by atoms with Crippen LogP contribution in [0.5, 0.6) is 0 Å². The summed E-state index contributed by atoms with van der Waals surface area (Å²) in [4.78, 5) is 6.62. The van der Waals surface area contributed by atoms with Gasteiger partial charge in [-0.3, -0.25) is 0 Å². The first-order valence-corrected chi connectivity index (χ1v) is 6.94. The molecule has 0 bridgehead atoms. The lowest BCUT2D eigenvalue weighted by Gasteiger charge is -2.40. The lowest BCUT2D eigenvalue weighted by atomic mass is 9.89. The number of halogens is 1. The molecule has 100 valence electrons. The normalized spacial score (nSPS) is 29.3. The predicted molar refractivity (Wildman–Crippen MR) is 77.3 cm³/mol. The lowest BCUT2D eigenvalue weighted by Crippen LogP contribution is -2.48. The number of aromatic nitrogens is 1. The van der Waals surface area contributed by atoms with E-state index in [1.165, 1.54) is 6.42 Å². The Balaban J connectivity index is 2.06. The van der Waals surface area contributed by atoms with Gasteiger partial charge < -0.3 is 10.2 Å². The number of pyridine rings is 1. The van der Waals surface area contributed by atoms with Crippen LogP contribution in [-0.4, -0.2) is 35.6 Å². The minimum atomic E-state index is 0.513. The van der Waals surface area contributed by atoms with Crippen molar-refractivity contribution in [3.05, 3.63) is 23.0 Å². The smallest absolute Gasteiger partial charge is 0.132 e. The number of rotatable bonds is 2. The van der Waals surface area contributed by atoms with Gasteiger partial charge in [-0.05, 0) is 44.9 Å². The first kappa shape index (κ1) is 13.6. The third kappa shape index (κ3) is 2.96. The fraction of sp³-hybridized carbons (Fsp3) is 0.643. The largest absolute Gasteiger partial charge is 0.381 e. The molecule has 0 aromatic carbocycles. The van der Waals surface area contributed by atoms with Crippen molar-refractivity contribution in [3.63, 3.8) is 0 Å². The number of hydrogen-bond acceptors (Lipinski definition) is 3. The third-order valence-corrected chi connectivity index (χ3v) is 4.37. The topological polar surface area (TPSA) is 28.2 Å². The number of hydrogen-bond donors (Lipinski definition) is 1. The van der Waals surface area contributed by atoms with E-state index in [1.807, 2.05) is 13.1 Å². The number of aryl methyl sites for hydroxylation is 1. The van der Waals surface area contributed by atoms with E-state index in [9.17, 15) is 0 Å². The molecule has 1 N–H and O–H groups in total. The lowest BCUT2D eigenvalue weighted by molar-refractivity contribution is 0.145. The van der Waals surface area contributed by atoms with Crippen molar-refractivity contribution < 1.29 is 0 Å². The standard InChI is InChI=1S/C14H22ClN3/c1-9-5-12(7-16-14(9)15)17-13-6-11(3)18(4)8-10(13)2/h5,7,10-11,13,17H,6,8H2,1-4H3. The summed E-state index contributed by atoms with van der Waals surface area (Å²) in [6, 6.07) is 3.21. The Morgan fingerprint density at radius 1 is 1.44 bits per heavy atom. The van der Waals surface area contributed by atoms with Crippen LogP contribution in [0, 0.1) is 12.8 Å². The molecule has 18 heavy (non-hydrogen) atoms. The Morgan fingerprint density at radius 2 is 2.17 bits per heavy atom. The van der Waals surface area contributed by atoms with E-state index in [2.05, 4.69) is 42.2 Å². The van der Waals surface area contributed by atoms with Gasteiger partial charge in [-0.25, -0.2) is 4.98 Å². The summed E-state index contributed by atoms with van der Waals surface area (Å²) in [5.74, 6) is 0.641. The van der Waals surface area contributed by atoms with Gasteiger partial charge in [0.05, 0.1) is 11.9 Å². The summed E-state index contributed by atoms with van der Waals surface area (Å²) in [5, 5.41) is 4.19. The van der Waals surface area contributed by atoms with Crippen molar-refractivity contribution >= 4 is 17.3 Å². The number of likely N-dealkylation sites (tertiary alicyclic amines) is 1. The van der Waals surface area contributed by atoms with Crippen LogP contribution < -0.4 is 5.32 Å². The molecular weight excluding hydrogens is 246 g/mol. The number of nitrogens with zero attached hydrogens (tertiary/aromatic N) is 2. The molecule has 1 aromatic rings. The van der Waals surface area contributed by atoms with Gasteiger partial charge in [-0.2, -0.15) is 0 Å². The zero-order valence-corrected chi connectivity index (χ0v) is 12.3. The Morgan fingerprint density at radius 3 is 2.83 bits per heavy atom. The van der Waals surface area contributed by atoms with Gasteiger partial charge in [-0.1, -0.05) is 18.5 Å². The third-order valence-electron chi connectivity index (χ3n) is 3.98. The summed E-state index contributed by atoms with van der Waals surface area (Å²) < 4.78 is 0. The second kappa shape index (κ2) is 5.45. The maximum atomic E-state index is 5.95. The average Bonchev–Trinajstić information content (AvgIpc) is 2.31. The predicted octanol–water partition coefficient (Wildman–Crippen LogP) is 3.18. The quantitative estimate of drug-likeness (QED) is 0.835. The van der Waals surface area contributed by atoms with Crippen molar-refractivity contribution in [2.45, 2.75) is 39.3 Å². The van der Waals surface area contributed by atoms with Crippen LogP contribution in [0.15, 0.2) is 12.3 Å². The van der Waals surface area contributed by atoms with Crippen molar-refractivity contribution in [1.82, 2.24) is 9.88 Å². The van der Waals surface area contributed by atoms with Gasteiger partial charge in [0, 0.05) is 18.6 Å². The highest BCUT2D eigenvalue weighted by molar-refractivity contribution is 6.30. The van der Waals surface area contributed by atoms with Gasteiger partial charge >= 0.3 is 0 Å². The molecule has 0 spiro atoms. The molecule has 1 aromatic heterocycles. The highest BCUT2D eigenvalue weighted by Gasteiger charge is 2.28. The van der Waals surface area contributed by atoms with Crippen molar-refractivity contribution in [2.75, 3.05) is 18.9 Å². The zero-order chi connectivity index (χ0) is 13.3. The van der Waals surface area contributed by atoms with Crippen LogP contribution in [0.3, 0.4) is 0 Å². The maximum Gasteiger partial charge on any atom is 0.132 e. The van der Waals surface area contributed by atoms with Crippen LogP contribution in [0.2, 0.25) is 5.15 Å². The van der Waals surface area contributed by atoms with E-state index in [1.54, 1.807) is 0 Å². The Kier molecular flexibility index (Phi) is 4.13. The molecule has 0 amide bonds. The molecule has 2 rings (SSSR count). The minimum absolute atomic E-state index is 0.513. The van der Waals surface area contributed by atoms with Gasteiger partial charge in [0.25, 0.3) is 0 Å². The summed E-state index contributed by atoms with van der Waals surface area (Å²) in [7, 11) is 2.20. The Hall–Kier alpha value is -0.800. The van der Waals surface area contributed by atoms with Crippen LogP contribution in [-0.2, 0) is 0 Å². The number of piperidine rings is 1. The summed E-state index contributed by atoms with van der Waals surface area (Å²) in [6.45, 7) is 7.71. The minimum Gasteiger partial charge on any atom is -0.381 e. The highest BCUT2D eigenvalue weighted by Crippen LogP contribution is 2.25. The first-order chi connectivity index (χ1) is 8.47. The molecule has 1 aliphatic rings. The SMILES string of the molecule is Cc1cc(NC2CC(C)N(C)CC2C)cnc1Cl. The second-order valence-corrected chi connectivity index (χ2v) is 5.94. The molecule has 0 radical (unpaired) electrons. The van der Waals surface area contributed by atoms with E-state index in [0.29, 0.717) is 23.2 Å². The number of nitrogens with one attached hydrogen (secondary N) is 1. The van der Waals surface area contributed by atoms with E-state index >= 15 is 0 Å². The van der Waals surface area contributed by atoms with E-state index in [4.69, 9.17) is 11.6 Å². The average molecular weight is 268 g/mol. The van der Waals surface area contributed by atoms with E-state index in [0.717, 1.165) is 17.8 Å². The fourth-order valence-electron chi connectivity index (χ4n) is 2.59. The van der Waals surface area contributed by atoms with Crippen LogP contribution >= 0.6 is 11.6 Å². The monoisotopic (exact) mass is 267 g/mol. The molecule has 3 nitrogen and oxygen atoms in total. The van der Waals surface area contributed by atoms with Gasteiger partial charge in [0.2, 0.25) is 0 Å². The van der Waals surface area contributed by atoms with Crippen LogP contribution in [0.4, 0.5) is 5.69 Å². The molecule has 4 heteroatoms. The van der Waals surface area contributed by atoms with Gasteiger partial charge in [-0.15, -0.1) is 0 Å². The number of anilines is 1. The molecule has 0 aliphatic carbocycles. The molecule has 1 aliphatic heterocycles. The molecule has 3 atom stereocenters. The summed E-state index contributed by atoms with van der Waals surface area (Å²) >= 11 is 5.95. The van der Waals surface area contributed by atoms with Crippen molar-refractivity contribution in [1.29, 1.82) is 0 Å². The summed E-state index contributed by atoms with van der Waals surface area (Å²) in [5.41, 5.74) is 2.10. The molecular formula is C14H22ClN3. The molecule has 2 heterocycles. The maximum absolute atomic E-state index is 5.95. The molecule has 3 unspecified atom stereocenters. The van der Waals surface area contributed by atoms with E-state index in [-0.39, 0.29) is 0 Å². The van der Waals surface area contributed by atoms with Crippen molar-refractivity contribution in [2.24, 2.45) is 5.92 Å². The molecule has 0 saturated carbocycles. The molecule has 1 fully saturated rings. The first-order valence-electron chi connectivity index (χ1n) is 6.56. The fourth-order valence-corrected chi connectivity index (χ4v) is 2.70. The van der Waals surface area contributed by atoms with Gasteiger partial charge in [0.15, 0.2) is 0 Å². The molecule has 1 saturated heterocycles. The highest BCUT2D eigenvalue weighted by atomic mass is 35.5. The zero-order valence-electron chi connectivity index (χ0n) is 11.6. The second-order valence-electron chi connectivity index (χ2n) is 5.58. The van der Waals surface area contributed by atoms with Gasteiger partial charge in [0.1, 0.15) is 5.15 Å².